The zero-order valence-corrected chi connectivity index (χ0v) is 28.3. The predicted molar refractivity (Wildman–Crippen MR) is 187 cm³/mol. The molecule has 3 aromatic rings. The van der Waals surface area contributed by atoms with Crippen molar-refractivity contribution in [3.63, 3.8) is 0 Å². The fraction of sp³-hybridized carbons (Fsp3) is 0.500. The van der Waals surface area contributed by atoms with E-state index in [1.165, 1.54) is 6.07 Å². The fourth-order valence-electron chi connectivity index (χ4n) is 7.03. The molecule has 0 saturated carbocycles. The van der Waals surface area contributed by atoms with Gasteiger partial charge in [-0.25, -0.2) is 14.4 Å². The fourth-order valence-corrected chi connectivity index (χ4v) is 7.03. The molecule has 0 bridgehead atoms. The highest BCUT2D eigenvalue weighted by Gasteiger charge is 2.28. The van der Waals surface area contributed by atoms with Crippen molar-refractivity contribution in [3.8, 4) is 0 Å². The van der Waals surface area contributed by atoms with Gasteiger partial charge in [-0.3, -0.25) is 24.6 Å². The standard InChI is InChI=1S/C34H43FN12O4/c35-24-17-22(39-33-30(31(36)49)43-44-32(42-33)26-20-51-16-9-37-26)1-4-27(24)47-14-12-45(13-15-47)19-21-7-10-46(11-8-21)23-2-5-28(38-18-23)40-25-3-6-29(48)41-34(25)50/h1-2,4-5,17-18,21,25-26,37H,3,6-16,19-20H2,(H2,36,49)(H,38,40)(H,39,42,44)(H,41,48,50). The summed E-state index contributed by atoms with van der Waals surface area (Å²) >= 11 is 0. The maximum Gasteiger partial charge on any atom is 0.273 e. The number of hydrogen-bond acceptors (Lipinski definition) is 14. The van der Waals surface area contributed by atoms with Crippen LogP contribution in [0.25, 0.3) is 0 Å². The van der Waals surface area contributed by atoms with Gasteiger partial charge in [0.15, 0.2) is 17.3 Å². The molecular weight excluding hydrogens is 659 g/mol. The average molecular weight is 703 g/mol. The van der Waals surface area contributed by atoms with E-state index in [2.05, 4.69) is 56.1 Å². The monoisotopic (exact) mass is 702 g/mol. The number of ether oxygens (including phenoxy) is 1. The number of nitrogens with one attached hydrogen (secondary N) is 4. The summed E-state index contributed by atoms with van der Waals surface area (Å²) in [5, 5.41) is 19.8. The topological polar surface area (TPSA) is 196 Å². The normalized spacial score (nSPS) is 22.1. The molecule has 17 heteroatoms. The molecule has 1 aromatic carbocycles. The third kappa shape index (κ3) is 8.32. The molecule has 51 heavy (non-hydrogen) atoms. The van der Waals surface area contributed by atoms with E-state index in [4.69, 9.17) is 10.5 Å². The lowest BCUT2D eigenvalue weighted by atomic mass is 9.95. The maximum atomic E-state index is 15.5. The second-order valence-electron chi connectivity index (χ2n) is 13.4. The molecule has 0 radical (unpaired) electrons. The maximum absolute atomic E-state index is 15.5. The van der Waals surface area contributed by atoms with E-state index in [0.717, 1.165) is 64.3 Å². The van der Waals surface area contributed by atoms with Gasteiger partial charge in [0, 0.05) is 64.5 Å². The summed E-state index contributed by atoms with van der Waals surface area (Å²) in [7, 11) is 0. The summed E-state index contributed by atoms with van der Waals surface area (Å²) in [5.74, 6) is -0.0477. The Labute approximate surface area is 294 Å². The Bertz CT molecular complexity index is 1720. The summed E-state index contributed by atoms with van der Waals surface area (Å²) in [6, 6.07) is 8.06. The number of pyridine rings is 1. The molecule has 3 amide bonds. The predicted octanol–water partition coefficient (Wildman–Crippen LogP) is 1.16. The van der Waals surface area contributed by atoms with Crippen molar-refractivity contribution in [2.45, 2.75) is 37.8 Å². The number of anilines is 5. The number of morpholine rings is 1. The van der Waals surface area contributed by atoms with Crippen molar-refractivity contribution >= 4 is 46.4 Å². The number of piperidine rings is 2. The van der Waals surface area contributed by atoms with E-state index in [1.54, 1.807) is 12.1 Å². The van der Waals surface area contributed by atoms with E-state index >= 15 is 4.39 Å². The number of nitrogens with two attached hydrogens (primary N) is 1. The molecule has 7 rings (SSSR count). The lowest BCUT2D eigenvalue weighted by molar-refractivity contribution is -0.133. The lowest BCUT2D eigenvalue weighted by Crippen LogP contribution is -2.49. The second-order valence-corrected chi connectivity index (χ2v) is 13.4. The minimum absolute atomic E-state index is 0.111. The molecule has 4 saturated heterocycles. The minimum atomic E-state index is -0.789. The van der Waals surface area contributed by atoms with Crippen LogP contribution in [0.2, 0.25) is 0 Å². The number of primary amides is 1. The number of amides is 3. The summed E-state index contributed by atoms with van der Waals surface area (Å²) in [4.78, 5) is 51.3. The van der Waals surface area contributed by atoms with Crippen LogP contribution in [-0.2, 0) is 14.3 Å². The Hall–Kier alpha value is -5.00. The highest BCUT2D eigenvalue weighted by Crippen LogP contribution is 2.29. The molecule has 270 valence electrons. The average Bonchev–Trinajstić information content (AvgIpc) is 3.14. The Kier molecular flexibility index (Phi) is 10.5. The number of benzene rings is 1. The van der Waals surface area contributed by atoms with Crippen molar-refractivity contribution < 1.29 is 23.5 Å². The number of carbonyl (C=O) groups is 3. The second kappa shape index (κ2) is 15.5. The largest absolute Gasteiger partial charge is 0.378 e. The molecular formula is C34H43FN12O4. The van der Waals surface area contributed by atoms with Crippen LogP contribution in [0.4, 0.5) is 33.1 Å². The first-order chi connectivity index (χ1) is 24.8. The van der Waals surface area contributed by atoms with Gasteiger partial charge in [-0.05, 0) is 55.5 Å². The van der Waals surface area contributed by atoms with Crippen LogP contribution >= 0.6 is 0 Å². The van der Waals surface area contributed by atoms with Gasteiger partial charge in [-0.15, -0.1) is 10.2 Å². The zero-order valence-electron chi connectivity index (χ0n) is 28.3. The third-order valence-electron chi connectivity index (χ3n) is 9.90. The van der Waals surface area contributed by atoms with Gasteiger partial charge >= 0.3 is 0 Å². The third-order valence-corrected chi connectivity index (χ3v) is 9.90. The van der Waals surface area contributed by atoms with Crippen LogP contribution in [0, 0.1) is 11.7 Å². The number of imide groups is 1. The SMILES string of the molecule is NC(=O)c1nnc(C2COCCN2)nc1Nc1ccc(N2CCN(CC3CCN(c4ccc(NC5CCC(=O)NC5=O)nc4)CC3)CC2)c(F)c1. The quantitative estimate of drug-likeness (QED) is 0.189. The lowest BCUT2D eigenvalue weighted by Gasteiger charge is -2.40. The summed E-state index contributed by atoms with van der Waals surface area (Å²) in [6.45, 7) is 7.62. The number of halogens is 1. The smallest absolute Gasteiger partial charge is 0.273 e. The molecule has 6 heterocycles. The van der Waals surface area contributed by atoms with Crippen molar-refractivity contribution in [3.05, 3.63) is 53.9 Å². The van der Waals surface area contributed by atoms with E-state index in [1.807, 2.05) is 18.3 Å². The molecule has 4 aliphatic rings. The minimum Gasteiger partial charge on any atom is -0.378 e. The van der Waals surface area contributed by atoms with Gasteiger partial charge in [0.25, 0.3) is 5.91 Å². The zero-order chi connectivity index (χ0) is 35.3. The Balaban J connectivity index is 0.873. The van der Waals surface area contributed by atoms with Crippen LogP contribution in [0.1, 0.15) is 48.0 Å². The molecule has 0 aliphatic carbocycles. The Morgan fingerprint density at radius 1 is 1.02 bits per heavy atom. The van der Waals surface area contributed by atoms with E-state index in [9.17, 15) is 14.4 Å². The van der Waals surface area contributed by atoms with Gasteiger partial charge in [0.1, 0.15) is 17.7 Å². The summed E-state index contributed by atoms with van der Waals surface area (Å²) in [5.41, 5.74) is 7.38. The van der Waals surface area contributed by atoms with Crippen molar-refractivity contribution in [1.82, 2.24) is 35.7 Å². The first-order valence-corrected chi connectivity index (χ1v) is 17.5. The summed E-state index contributed by atoms with van der Waals surface area (Å²) in [6.07, 6.45) is 4.76. The van der Waals surface area contributed by atoms with Gasteiger partial charge in [-0.2, -0.15) is 0 Å². The number of rotatable bonds is 10. The molecule has 6 N–H and O–H groups in total. The van der Waals surface area contributed by atoms with Crippen LogP contribution in [0.3, 0.4) is 0 Å². The van der Waals surface area contributed by atoms with Gasteiger partial charge < -0.3 is 36.2 Å². The van der Waals surface area contributed by atoms with Crippen LogP contribution < -0.4 is 36.8 Å². The van der Waals surface area contributed by atoms with Crippen molar-refractivity contribution in [1.29, 1.82) is 0 Å². The number of hydrogen-bond donors (Lipinski definition) is 5. The first-order valence-electron chi connectivity index (χ1n) is 17.5. The molecule has 2 atom stereocenters. The van der Waals surface area contributed by atoms with Crippen LogP contribution in [-0.4, -0.2) is 114 Å². The number of piperazine rings is 1. The molecule has 16 nitrogen and oxygen atoms in total. The van der Waals surface area contributed by atoms with E-state index in [0.29, 0.717) is 61.5 Å². The first kappa shape index (κ1) is 34.4. The van der Waals surface area contributed by atoms with Gasteiger partial charge in [0.2, 0.25) is 11.8 Å². The Morgan fingerprint density at radius 2 is 1.84 bits per heavy atom. The highest BCUT2D eigenvalue weighted by atomic mass is 19.1. The molecule has 2 unspecified atom stereocenters. The van der Waals surface area contributed by atoms with Crippen molar-refractivity contribution in [2.75, 3.05) is 86.0 Å². The molecule has 2 aromatic heterocycles. The number of carbonyl (C=O) groups excluding carboxylic acids is 3. The van der Waals surface area contributed by atoms with Gasteiger partial charge in [-0.1, -0.05) is 0 Å². The van der Waals surface area contributed by atoms with Crippen molar-refractivity contribution in [2.24, 2.45) is 11.7 Å². The number of aromatic nitrogens is 4. The molecule has 4 aliphatic heterocycles. The van der Waals surface area contributed by atoms with E-state index < -0.39 is 11.9 Å². The van der Waals surface area contributed by atoms with Gasteiger partial charge in [0.05, 0.1) is 36.8 Å². The molecule has 4 fully saturated rings. The van der Waals surface area contributed by atoms with Crippen LogP contribution in [0.5, 0.6) is 0 Å². The summed E-state index contributed by atoms with van der Waals surface area (Å²) < 4.78 is 21.0. The van der Waals surface area contributed by atoms with Crippen LogP contribution in [0.15, 0.2) is 36.5 Å². The highest BCUT2D eigenvalue weighted by molar-refractivity contribution is 6.01. The van der Waals surface area contributed by atoms with E-state index in [-0.39, 0.29) is 35.2 Å². The number of nitrogens with zero attached hydrogens (tertiary/aromatic N) is 7. The molecule has 0 spiro atoms. The Morgan fingerprint density at radius 3 is 2.53 bits per heavy atom.